The summed E-state index contributed by atoms with van der Waals surface area (Å²) in [5.41, 5.74) is 6.55. The van der Waals surface area contributed by atoms with Crippen LogP contribution in [0.4, 0.5) is 0 Å². The Morgan fingerprint density at radius 1 is 1.44 bits per heavy atom. The van der Waals surface area contributed by atoms with E-state index in [1.807, 2.05) is 36.4 Å². The van der Waals surface area contributed by atoms with E-state index in [9.17, 15) is 0 Å². The van der Waals surface area contributed by atoms with Gasteiger partial charge in [-0.1, -0.05) is 30.4 Å². The molecule has 1 aliphatic heterocycles. The highest BCUT2D eigenvalue weighted by atomic mass is 16.5. The van der Waals surface area contributed by atoms with Crippen LogP contribution < -0.4 is 10.5 Å². The van der Waals surface area contributed by atoms with Gasteiger partial charge in [-0.25, -0.2) is 0 Å². The van der Waals surface area contributed by atoms with E-state index in [1.54, 1.807) is 0 Å². The Morgan fingerprint density at radius 2 is 2.19 bits per heavy atom. The van der Waals surface area contributed by atoms with E-state index in [1.165, 1.54) is 0 Å². The minimum atomic E-state index is 0.331. The number of ether oxygens (including phenoxy) is 1. The Kier molecular flexibility index (Phi) is 3.59. The average Bonchev–Trinajstić information content (AvgIpc) is 2.26. The molecule has 2 rings (SSSR count). The lowest BCUT2D eigenvalue weighted by molar-refractivity contribution is 0.0387. The van der Waals surface area contributed by atoms with Gasteiger partial charge in [0, 0.05) is 25.2 Å². The van der Waals surface area contributed by atoms with Crippen molar-refractivity contribution in [3.63, 3.8) is 0 Å². The van der Waals surface area contributed by atoms with Gasteiger partial charge in [-0.2, -0.15) is 0 Å². The first-order valence-corrected chi connectivity index (χ1v) is 5.60. The molecule has 2 N–H and O–H groups in total. The van der Waals surface area contributed by atoms with E-state index in [0.29, 0.717) is 12.6 Å². The summed E-state index contributed by atoms with van der Waals surface area (Å²) in [4.78, 5) is 2.24. The number of para-hydroxylation sites is 1. The molecule has 0 spiro atoms. The molecule has 0 atom stereocenters. The number of nitrogens with two attached hydrogens (primary N) is 1. The summed E-state index contributed by atoms with van der Waals surface area (Å²) in [6, 6.07) is 8.06. The van der Waals surface area contributed by atoms with Gasteiger partial charge in [-0.05, 0) is 13.1 Å². The molecular weight excluding hydrogens is 200 g/mol. The highest BCUT2D eigenvalue weighted by Crippen LogP contribution is 2.22. The van der Waals surface area contributed by atoms with Crippen LogP contribution in [0.25, 0.3) is 6.08 Å². The van der Waals surface area contributed by atoms with Crippen molar-refractivity contribution in [1.29, 1.82) is 0 Å². The van der Waals surface area contributed by atoms with Crippen LogP contribution in [0, 0.1) is 0 Å². The van der Waals surface area contributed by atoms with Crippen LogP contribution in [0.1, 0.15) is 5.56 Å². The number of nitrogens with zero attached hydrogens (tertiary/aromatic N) is 1. The Balaban J connectivity index is 2.04. The number of likely N-dealkylation sites (N-methyl/N-ethyl adjacent to an activating group) is 1. The van der Waals surface area contributed by atoms with Gasteiger partial charge in [0.15, 0.2) is 0 Å². The zero-order valence-corrected chi connectivity index (χ0v) is 9.60. The molecule has 86 valence electrons. The van der Waals surface area contributed by atoms with Gasteiger partial charge in [0.25, 0.3) is 0 Å². The lowest BCUT2D eigenvalue weighted by Crippen LogP contribution is -2.51. The molecule has 3 nitrogen and oxygen atoms in total. The lowest BCUT2D eigenvalue weighted by Gasteiger charge is -2.36. The number of likely N-dealkylation sites (tertiary alicyclic amines) is 1. The third kappa shape index (κ3) is 2.62. The van der Waals surface area contributed by atoms with Crippen molar-refractivity contribution in [3.05, 3.63) is 35.9 Å². The Hall–Kier alpha value is -1.32. The summed E-state index contributed by atoms with van der Waals surface area (Å²) in [7, 11) is 2.10. The first-order valence-electron chi connectivity index (χ1n) is 5.60. The highest BCUT2D eigenvalue weighted by Gasteiger charge is 2.25. The average molecular weight is 218 g/mol. The largest absolute Gasteiger partial charge is 0.487 e. The first-order chi connectivity index (χ1) is 7.79. The van der Waals surface area contributed by atoms with E-state index in [4.69, 9.17) is 10.5 Å². The zero-order chi connectivity index (χ0) is 11.4. The number of rotatable bonds is 4. The van der Waals surface area contributed by atoms with Crippen molar-refractivity contribution >= 4 is 6.08 Å². The van der Waals surface area contributed by atoms with Crippen LogP contribution in [0.3, 0.4) is 0 Å². The summed E-state index contributed by atoms with van der Waals surface area (Å²) in [5, 5.41) is 0. The van der Waals surface area contributed by atoms with Crippen molar-refractivity contribution in [2.24, 2.45) is 5.73 Å². The van der Waals surface area contributed by atoms with Gasteiger partial charge >= 0.3 is 0 Å². The van der Waals surface area contributed by atoms with Gasteiger partial charge in [0.2, 0.25) is 0 Å². The Morgan fingerprint density at radius 3 is 2.88 bits per heavy atom. The molecule has 1 heterocycles. The lowest BCUT2D eigenvalue weighted by atomic mass is 10.1. The summed E-state index contributed by atoms with van der Waals surface area (Å²) in [6.45, 7) is 2.57. The summed E-state index contributed by atoms with van der Waals surface area (Å²) < 4.78 is 5.92. The molecule has 0 bridgehead atoms. The summed E-state index contributed by atoms with van der Waals surface area (Å²) in [5.74, 6) is 0.949. The first kappa shape index (κ1) is 11.2. The molecule has 0 radical (unpaired) electrons. The third-order valence-electron chi connectivity index (χ3n) is 2.68. The fourth-order valence-corrected chi connectivity index (χ4v) is 1.82. The van der Waals surface area contributed by atoms with Crippen LogP contribution in [0.5, 0.6) is 5.75 Å². The van der Waals surface area contributed by atoms with Gasteiger partial charge in [0.05, 0.1) is 0 Å². The number of benzene rings is 1. The van der Waals surface area contributed by atoms with Gasteiger partial charge in [-0.3, -0.25) is 4.90 Å². The number of hydrogen-bond donors (Lipinski definition) is 1. The fraction of sp³-hybridized carbons (Fsp3) is 0.385. The topological polar surface area (TPSA) is 38.5 Å². The second-order valence-corrected chi connectivity index (χ2v) is 4.14. The molecule has 0 aromatic heterocycles. The molecule has 1 fully saturated rings. The van der Waals surface area contributed by atoms with Gasteiger partial charge in [0.1, 0.15) is 11.9 Å². The van der Waals surface area contributed by atoms with Gasteiger partial charge in [-0.15, -0.1) is 0 Å². The normalized spacial score (nSPS) is 17.6. The predicted molar refractivity (Wildman–Crippen MR) is 66.4 cm³/mol. The maximum Gasteiger partial charge on any atom is 0.127 e. The van der Waals surface area contributed by atoms with Gasteiger partial charge < -0.3 is 10.5 Å². The van der Waals surface area contributed by atoms with Crippen LogP contribution in [-0.2, 0) is 0 Å². The van der Waals surface area contributed by atoms with Crippen LogP contribution in [0.2, 0.25) is 0 Å². The molecule has 0 aliphatic carbocycles. The minimum absolute atomic E-state index is 0.331. The van der Waals surface area contributed by atoms with Crippen LogP contribution in [-0.4, -0.2) is 37.7 Å². The molecule has 0 saturated carbocycles. The minimum Gasteiger partial charge on any atom is -0.487 e. The fourth-order valence-electron chi connectivity index (χ4n) is 1.82. The summed E-state index contributed by atoms with van der Waals surface area (Å²) >= 11 is 0. The molecule has 1 aromatic rings. The Labute approximate surface area is 96.5 Å². The molecule has 16 heavy (non-hydrogen) atoms. The maximum absolute atomic E-state index is 5.92. The molecular formula is C13H18N2O. The van der Waals surface area contributed by atoms with Crippen molar-refractivity contribution in [2.75, 3.05) is 26.7 Å². The molecule has 1 saturated heterocycles. The van der Waals surface area contributed by atoms with E-state index < -0.39 is 0 Å². The molecule has 1 aliphatic rings. The van der Waals surface area contributed by atoms with E-state index in [2.05, 4.69) is 11.9 Å². The molecule has 0 amide bonds. The van der Waals surface area contributed by atoms with Crippen LogP contribution >= 0.6 is 0 Å². The van der Waals surface area contributed by atoms with E-state index >= 15 is 0 Å². The third-order valence-corrected chi connectivity index (χ3v) is 2.68. The highest BCUT2D eigenvalue weighted by molar-refractivity contribution is 5.57. The smallest absolute Gasteiger partial charge is 0.127 e. The second-order valence-electron chi connectivity index (χ2n) is 4.14. The second kappa shape index (κ2) is 5.14. The Bertz CT molecular complexity index is 370. The quantitative estimate of drug-likeness (QED) is 0.829. The monoisotopic (exact) mass is 218 g/mol. The van der Waals surface area contributed by atoms with Crippen molar-refractivity contribution in [1.82, 2.24) is 4.90 Å². The SMILES string of the molecule is CN1CC(Oc2ccccc2/C=C/CN)C1. The van der Waals surface area contributed by atoms with Crippen LogP contribution in [0.15, 0.2) is 30.3 Å². The molecule has 3 heteroatoms. The molecule has 1 aromatic carbocycles. The zero-order valence-electron chi connectivity index (χ0n) is 9.60. The van der Waals surface area contributed by atoms with Crippen molar-refractivity contribution < 1.29 is 4.74 Å². The summed E-state index contributed by atoms with van der Waals surface area (Å²) in [6.07, 6.45) is 4.28. The maximum atomic E-state index is 5.92. The van der Waals surface area contributed by atoms with E-state index in [-0.39, 0.29) is 0 Å². The molecule has 0 unspecified atom stereocenters. The predicted octanol–water partition coefficient (Wildman–Crippen LogP) is 1.35. The number of hydrogen-bond acceptors (Lipinski definition) is 3. The standard InChI is InChI=1S/C13H18N2O/c1-15-9-12(10-15)16-13-7-3-2-5-11(13)6-4-8-14/h2-7,12H,8-10,14H2,1H3/b6-4+. The van der Waals surface area contributed by atoms with E-state index in [0.717, 1.165) is 24.4 Å². The van der Waals surface area contributed by atoms with Crippen molar-refractivity contribution in [3.8, 4) is 5.75 Å². The van der Waals surface area contributed by atoms with Crippen molar-refractivity contribution in [2.45, 2.75) is 6.10 Å².